The van der Waals surface area contributed by atoms with E-state index in [2.05, 4.69) is 20.6 Å². The summed E-state index contributed by atoms with van der Waals surface area (Å²) in [5.41, 5.74) is 1.04. The van der Waals surface area contributed by atoms with Crippen molar-refractivity contribution in [1.29, 1.82) is 0 Å². The van der Waals surface area contributed by atoms with Crippen molar-refractivity contribution in [3.63, 3.8) is 0 Å². The Labute approximate surface area is 104 Å². The van der Waals surface area contributed by atoms with E-state index >= 15 is 0 Å². The van der Waals surface area contributed by atoms with Crippen LogP contribution in [-0.4, -0.2) is 38.8 Å². The largest absolute Gasteiger partial charge is 0.367 e. The van der Waals surface area contributed by atoms with Crippen molar-refractivity contribution in [1.82, 2.24) is 9.97 Å². The lowest BCUT2D eigenvalue weighted by atomic mass is 10.1. The fourth-order valence-electron chi connectivity index (χ4n) is 1.84. The van der Waals surface area contributed by atoms with E-state index in [0.29, 0.717) is 12.0 Å². The van der Waals surface area contributed by atoms with Gasteiger partial charge in [-0.25, -0.2) is 4.98 Å². The maximum absolute atomic E-state index is 11.3. The molecule has 1 aromatic rings. The Morgan fingerprint density at radius 1 is 1.41 bits per heavy atom. The molecule has 1 aromatic heterocycles. The zero-order chi connectivity index (χ0) is 12.3. The van der Waals surface area contributed by atoms with Gasteiger partial charge in [0.15, 0.2) is 0 Å². The van der Waals surface area contributed by atoms with Gasteiger partial charge in [0, 0.05) is 47.2 Å². The average Bonchev–Trinajstić information content (AvgIpc) is 2.35. The molecule has 0 spiro atoms. The molecule has 1 saturated heterocycles. The summed E-state index contributed by atoms with van der Waals surface area (Å²) in [4.78, 5) is 8.55. The summed E-state index contributed by atoms with van der Waals surface area (Å²) in [6, 6.07) is 0.381. The first kappa shape index (κ1) is 12.3. The van der Waals surface area contributed by atoms with E-state index in [9.17, 15) is 4.21 Å². The van der Waals surface area contributed by atoms with E-state index in [1.54, 1.807) is 7.05 Å². The number of aryl methyl sites for hydroxylation is 1. The van der Waals surface area contributed by atoms with Crippen molar-refractivity contribution in [2.45, 2.75) is 25.8 Å². The third kappa shape index (κ3) is 3.15. The lowest BCUT2D eigenvalue weighted by Crippen LogP contribution is -2.30. The molecule has 94 valence electrons. The molecule has 1 fully saturated rings. The van der Waals surface area contributed by atoms with Crippen molar-refractivity contribution in [2.24, 2.45) is 0 Å². The van der Waals surface area contributed by atoms with Gasteiger partial charge >= 0.3 is 0 Å². The van der Waals surface area contributed by atoms with Crippen LogP contribution >= 0.6 is 0 Å². The van der Waals surface area contributed by atoms with E-state index in [1.165, 1.54) is 0 Å². The fourth-order valence-corrected chi connectivity index (χ4v) is 3.14. The van der Waals surface area contributed by atoms with Crippen LogP contribution in [0.4, 0.5) is 11.8 Å². The molecule has 6 heteroatoms. The average molecular weight is 254 g/mol. The Bertz CT molecular complexity index is 414. The third-order valence-electron chi connectivity index (χ3n) is 2.92. The highest BCUT2D eigenvalue weighted by Gasteiger charge is 2.18. The van der Waals surface area contributed by atoms with Crippen LogP contribution < -0.4 is 10.6 Å². The van der Waals surface area contributed by atoms with Crippen LogP contribution in [-0.2, 0) is 10.8 Å². The zero-order valence-corrected chi connectivity index (χ0v) is 11.0. The van der Waals surface area contributed by atoms with Gasteiger partial charge in [0.25, 0.3) is 0 Å². The molecule has 0 aromatic carbocycles. The molecule has 0 amide bonds. The van der Waals surface area contributed by atoms with E-state index < -0.39 is 10.8 Å². The first-order valence-electron chi connectivity index (χ1n) is 5.82. The first-order chi connectivity index (χ1) is 8.19. The Kier molecular flexibility index (Phi) is 3.93. The Balaban J connectivity index is 2.04. The summed E-state index contributed by atoms with van der Waals surface area (Å²) in [5.74, 6) is 3.08. The molecule has 2 rings (SSSR count). The highest BCUT2D eigenvalue weighted by Crippen LogP contribution is 2.18. The van der Waals surface area contributed by atoms with Crippen molar-refractivity contribution >= 4 is 22.6 Å². The highest BCUT2D eigenvalue weighted by molar-refractivity contribution is 7.85. The lowest BCUT2D eigenvalue weighted by Gasteiger charge is -2.23. The minimum absolute atomic E-state index is 0.381. The summed E-state index contributed by atoms with van der Waals surface area (Å²) in [7, 11) is 1.19. The second kappa shape index (κ2) is 5.44. The summed E-state index contributed by atoms with van der Waals surface area (Å²) < 4.78 is 11.3. The van der Waals surface area contributed by atoms with Crippen molar-refractivity contribution in [2.75, 3.05) is 29.2 Å². The van der Waals surface area contributed by atoms with Gasteiger partial charge < -0.3 is 10.6 Å². The number of nitrogens with one attached hydrogen (secondary N) is 2. The van der Waals surface area contributed by atoms with Crippen LogP contribution in [0.2, 0.25) is 0 Å². The number of aromatic nitrogens is 2. The minimum atomic E-state index is -0.615. The van der Waals surface area contributed by atoms with Crippen LogP contribution in [0, 0.1) is 6.92 Å². The van der Waals surface area contributed by atoms with E-state index in [1.807, 2.05) is 13.1 Å². The van der Waals surface area contributed by atoms with Crippen LogP contribution in [0.5, 0.6) is 0 Å². The summed E-state index contributed by atoms with van der Waals surface area (Å²) in [5, 5.41) is 6.35. The molecule has 1 aliphatic heterocycles. The highest BCUT2D eigenvalue weighted by atomic mass is 32.2. The Morgan fingerprint density at radius 3 is 2.76 bits per heavy atom. The molecule has 5 nitrogen and oxygen atoms in total. The van der Waals surface area contributed by atoms with E-state index in [4.69, 9.17) is 0 Å². The first-order valence-corrected chi connectivity index (χ1v) is 7.30. The lowest BCUT2D eigenvalue weighted by molar-refractivity contribution is 0.622. The summed E-state index contributed by atoms with van der Waals surface area (Å²) in [6.45, 7) is 1.99. The number of hydrogen-bond acceptors (Lipinski definition) is 5. The molecule has 1 aliphatic rings. The molecule has 17 heavy (non-hydrogen) atoms. The van der Waals surface area contributed by atoms with Gasteiger partial charge in [-0.1, -0.05) is 0 Å². The van der Waals surface area contributed by atoms with Crippen LogP contribution in [0.1, 0.15) is 18.4 Å². The SMILES string of the molecule is CNc1ncc(C)c(NC2CCS(=O)CC2)n1. The number of anilines is 2. The van der Waals surface area contributed by atoms with Gasteiger partial charge in [0.2, 0.25) is 5.95 Å². The Hall–Kier alpha value is -1.17. The molecular weight excluding hydrogens is 236 g/mol. The van der Waals surface area contributed by atoms with Gasteiger partial charge in [-0.15, -0.1) is 0 Å². The monoisotopic (exact) mass is 254 g/mol. The zero-order valence-electron chi connectivity index (χ0n) is 10.2. The van der Waals surface area contributed by atoms with Gasteiger partial charge in [0.1, 0.15) is 5.82 Å². The maximum atomic E-state index is 11.3. The quantitative estimate of drug-likeness (QED) is 0.847. The molecule has 0 radical (unpaired) electrons. The van der Waals surface area contributed by atoms with Crippen molar-refractivity contribution in [3.8, 4) is 0 Å². The minimum Gasteiger partial charge on any atom is -0.367 e. The normalized spacial score (nSPS) is 24.4. The van der Waals surface area contributed by atoms with E-state index in [-0.39, 0.29) is 0 Å². The van der Waals surface area contributed by atoms with E-state index in [0.717, 1.165) is 35.7 Å². The second-order valence-electron chi connectivity index (χ2n) is 4.24. The molecule has 0 saturated carbocycles. The van der Waals surface area contributed by atoms with Crippen molar-refractivity contribution < 1.29 is 4.21 Å². The smallest absolute Gasteiger partial charge is 0.224 e. The molecule has 2 heterocycles. The van der Waals surface area contributed by atoms with Crippen LogP contribution in [0.25, 0.3) is 0 Å². The number of hydrogen-bond donors (Lipinski definition) is 2. The van der Waals surface area contributed by atoms with Gasteiger partial charge in [-0.2, -0.15) is 4.98 Å². The number of rotatable bonds is 3. The second-order valence-corrected chi connectivity index (χ2v) is 5.94. The summed E-state index contributed by atoms with van der Waals surface area (Å²) in [6.07, 6.45) is 3.71. The third-order valence-corrected chi connectivity index (χ3v) is 4.31. The van der Waals surface area contributed by atoms with Gasteiger partial charge in [-0.05, 0) is 19.8 Å². The fraction of sp³-hybridized carbons (Fsp3) is 0.636. The summed E-state index contributed by atoms with van der Waals surface area (Å²) >= 11 is 0. The molecule has 2 N–H and O–H groups in total. The topological polar surface area (TPSA) is 66.9 Å². The number of nitrogens with zero attached hydrogens (tertiary/aromatic N) is 2. The Morgan fingerprint density at radius 2 is 2.12 bits per heavy atom. The van der Waals surface area contributed by atoms with Crippen LogP contribution in [0.15, 0.2) is 6.20 Å². The predicted octanol–water partition coefficient (Wildman–Crippen LogP) is 1.15. The van der Waals surface area contributed by atoms with Crippen LogP contribution in [0.3, 0.4) is 0 Å². The van der Waals surface area contributed by atoms with Gasteiger partial charge in [0.05, 0.1) is 0 Å². The standard InChI is InChI=1S/C11H18N4OS/c1-8-7-13-11(12-2)15-10(8)14-9-3-5-17(16)6-4-9/h7,9H,3-6H2,1-2H3,(H2,12,13,14,15). The van der Waals surface area contributed by atoms with Crippen molar-refractivity contribution in [3.05, 3.63) is 11.8 Å². The molecule has 0 atom stereocenters. The predicted molar refractivity (Wildman–Crippen MR) is 70.8 cm³/mol. The maximum Gasteiger partial charge on any atom is 0.224 e. The van der Waals surface area contributed by atoms with Gasteiger partial charge in [-0.3, -0.25) is 4.21 Å². The molecular formula is C11H18N4OS. The molecule has 0 bridgehead atoms. The molecule has 0 unspecified atom stereocenters. The molecule has 0 aliphatic carbocycles.